The van der Waals surface area contributed by atoms with Gasteiger partial charge >= 0.3 is 0 Å². The summed E-state index contributed by atoms with van der Waals surface area (Å²) in [5.41, 5.74) is 2.99. The Hall–Kier alpha value is -3.53. The van der Waals surface area contributed by atoms with E-state index in [9.17, 15) is 4.79 Å². The number of nitriles is 1. The molecule has 0 radical (unpaired) electrons. The van der Waals surface area contributed by atoms with Crippen molar-refractivity contribution >= 4 is 11.6 Å². The van der Waals surface area contributed by atoms with Gasteiger partial charge in [0.05, 0.1) is 23.7 Å². The summed E-state index contributed by atoms with van der Waals surface area (Å²) in [6, 6.07) is 16.7. The van der Waals surface area contributed by atoms with E-state index < -0.39 is 0 Å². The van der Waals surface area contributed by atoms with E-state index in [1.165, 1.54) is 6.33 Å². The normalized spacial score (nSPS) is 10.5. The smallest absolute Gasteiger partial charge is 0.231 e. The van der Waals surface area contributed by atoms with E-state index in [1.807, 2.05) is 44.2 Å². The second-order valence-electron chi connectivity index (χ2n) is 6.12. The fourth-order valence-electron chi connectivity index (χ4n) is 2.76. The van der Waals surface area contributed by atoms with Gasteiger partial charge in [0.2, 0.25) is 5.91 Å². The average molecular weight is 346 g/mol. The highest BCUT2D eigenvalue weighted by atomic mass is 16.2. The first kappa shape index (κ1) is 17.3. The van der Waals surface area contributed by atoms with E-state index in [2.05, 4.69) is 21.6 Å². The van der Waals surface area contributed by atoms with Crippen molar-refractivity contribution in [2.45, 2.75) is 26.3 Å². The summed E-state index contributed by atoms with van der Waals surface area (Å²) < 4.78 is 1.55. The number of carbonyl (C=O) groups is 1. The van der Waals surface area contributed by atoms with Crippen LogP contribution in [0.3, 0.4) is 0 Å². The Bertz CT molecular complexity index is 925. The van der Waals surface area contributed by atoms with E-state index in [0.717, 1.165) is 16.9 Å². The van der Waals surface area contributed by atoms with Gasteiger partial charge < -0.3 is 4.90 Å². The standard InChI is InChI=1S/C19H18N6O/c1-14(2)25(18-5-3-4-16(10-18)12-20)19(26)11-15-6-8-17(9-7-15)24-13-21-22-23-24/h3-10,13-14H,11H2,1-2H3. The molecule has 0 atom stereocenters. The Labute approximate surface area is 151 Å². The Morgan fingerprint density at radius 1 is 1.23 bits per heavy atom. The summed E-state index contributed by atoms with van der Waals surface area (Å²) >= 11 is 0. The molecule has 1 heterocycles. The quantitative estimate of drug-likeness (QED) is 0.708. The SMILES string of the molecule is CC(C)N(C(=O)Cc1ccc(-n2cnnn2)cc1)c1cccc(C#N)c1. The van der Waals surface area contributed by atoms with Crippen LogP contribution in [0.15, 0.2) is 54.9 Å². The lowest BCUT2D eigenvalue weighted by Crippen LogP contribution is -2.38. The zero-order chi connectivity index (χ0) is 18.5. The van der Waals surface area contributed by atoms with Crippen molar-refractivity contribution < 1.29 is 4.79 Å². The van der Waals surface area contributed by atoms with Crippen molar-refractivity contribution in [3.8, 4) is 11.8 Å². The van der Waals surface area contributed by atoms with Gasteiger partial charge in [-0.3, -0.25) is 4.79 Å². The first-order valence-electron chi connectivity index (χ1n) is 8.23. The van der Waals surface area contributed by atoms with Gasteiger partial charge in [-0.1, -0.05) is 18.2 Å². The third-order valence-electron chi connectivity index (χ3n) is 3.94. The molecule has 0 N–H and O–H groups in total. The van der Waals surface area contributed by atoms with Crippen molar-refractivity contribution in [1.82, 2.24) is 20.2 Å². The number of anilines is 1. The lowest BCUT2D eigenvalue weighted by molar-refractivity contribution is -0.118. The van der Waals surface area contributed by atoms with Gasteiger partial charge in [0.25, 0.3) is 0 Å². The molecular weight excluding hydrogens is 328 g/mol. The summed E-state index contributed by atoms with van der Waals surface area (Å²) in [7, 11) is 0. The van der Waals surface area contributed by atoms with Crippen LogP contribution in [0.5, 0.6) is 0 Å². The monoisotopic (exact) mass is 346 g/mol. The van der Waals surface area contributed by atoms with Crippen molar-refractivity contribution in [2.75, 3.05) is 4.90 Å². The fraction of sp³-hybridized carbons (Fsp3) is 0.211. The van der Waals surface area contributed by atoms with Gasteiger partial charge in [0, 0.05) is 11.7 Å². The molecule has 1 aromatic heterocycles. The van der Waals surface area contributed by atoms with Crippen LogP contribution >= 0.6 is 0 Å². The summed E-state index contributed by atoms with van der Waals surface area (Å²) in [4.78, 5) is 14.6. The van der Waals surface area contributed by atoms with E-state index in [1.54, 1.807) is 27.8 Å². The molecule has 0 unspecified atom stereocenters. The van der Waals surface area contributed by atoms with Gasteiger partial charge in [-0.05, 0) is 60.2 Å². The summed E-state index contributed by atoms with van der Waals surface area (Å²) in [6.45, 7) is 3.91. The molecule has 0 spiro atoms. The van der Waals surface area contributed by atoms with Gasteiger partial charge in [0.1, 0.15) is 6.33 Å². The van der Waals surface area contributed by atoms with Crippen LogP contribution in [-0.4, -0.2) is 32.2 Å². The second-order valence-corrected chi connectivity index (χ2v) is 6.12. The number of carbonyl (C=O) groups excluding carboxylic acids is 1. The first-order valence-corrected chi connectivity index (χ1v) is 8.23. The number of nitrogens with zero attached hydrogens (tertiary/aromatic N) is 6. The topological polar surface area (TPSA) is 87.7 Å². The van der Waals surface area contributed by atoms with Crippen LogP contribution in [0.4, 0.5) is 5.69 Å². The molecule has 130 valence electrons. The maximum absolute atomic E-state index is 12.9. The Morgan fingerprint density at radius 2 is 2.00 bits per heavy atom. The molecular formula is C19H18N6O. The molecule has 0 aliphatic heterocycles. The third kappa shape index (κ3) is 3.75. The molecule has 26 heavy (non-hydrogen) atoms. The van der Waals surface area contributed by atoms with Crippen molar-refractivity contribution in [1.29, 1.82) is 5.26 Å². The third-order valence-corrected chi connectivity index (χ3v) is 3.94. The maximum Gasteiger partial charge on any atom is 0.231 e. The van der Waals surface area contributed by atoms with Gasteiger partial charge in [-0.25, -0.2) is 4.68 Å². The molecule has 3 rings (SSSR count). The van der Waals surface area contributed by atoms with Crippen molar-refractivity contribution in [3.63, 3.8) is 0 Å². The number of hydrogen-bond acceptors (Lipinski definition) is 5. The van der Waals surface area contributed by atoms with Gasteiger partial charge in [0.15, 0.2) is 0 Å². The van der Waals surface area contributed by atoms with E-state index in [-0.39, 0.29) is 18.4 Å². The summed E-state index contributed by atoms with van der Waals surface area (Å²) in [5, 5.41) is 20.1. The Balaban J connectivity index is 1.79. The second kappa shape index (κ2) is 7.57. The molecule has 0 saturated heterocycles. The zero-order valence-electron chi connectivity index (χ0n) is 14.6. The number of tetrazole rings is 1. The van der Waals surface area contributed by atoms with Crippen molar-refractivity contribution in [2.24, 2.45) is 0 Å². The average Bonchev–Trinajstić information content (AvgIpc) is 3.17. The largest absolute Gasteiger partial charge is 0.310 e. The van der Waals surface area contributed by atoms with Crippen LogP contribution in [-0.2, 0) is 11.2 Å². The number of aromatic nitrogens is 4. The lowest BCUT2D eigenvalue weighted by Gasteiger charge is -2.27. The van der Waals surface area contributed by atoms with Gasteiger partial charge in [-0.15, -0.1) is 5.10 Å². The molecule has 7 nitrogen and oxygen atoms in total. The van der Waals surface area contributed by atoms with Crippen LogP contribution in [0.1, 0.15) is 25.0 Å². The van der Waals surface area contributed by atoms with Gasteiger partial charge in [-0.2, -0.15) is 5.26 Å². The van der Waals surface area contributed by atoms with E-state index in [0.29, 0.717) is 5.56 Å². The molecule has 7 heteroatoms. The fourth-order valence-corrected chi connectivity index (χ4v) is 2.76. The lowest BCUT2D eigenvalue weighted by atomic mass is 10.1. The number of hydrogen-bond donors (Lipinski definition) is 0. The molecule has 3 aromatic rings. The predicted molar refractivity (Wildman–Crippen MR) is 96.6 cm³/mol. The number of rotatable bonds is 5. The highest BCUT2D eigenvalue weighted by Crippen LogP contribution is 2.20. The van der Waals surface area contributed by atoms with E-state index >= 15 is 0 Å². The van der Waals surface area contributed by atoms with E-state index in [4.69, 9.17) is 5.26 Å². The summed E-state index contributed by atoms with van der Waals surface area (Å²) in [6.07, 6.45) is 1.79. The minimum absolute atomic E-state index is 0.0167. The highest BCUT2D eigenvalue weighted by molar-refractivity contribution is 5.95. The minimum Gasteiger partial charge on any atom is -0.310 e. The molecule has 2 aromatic carbocycles. The maximum atomic E-state index is 12.9. The van der Waals surface area contributed by atoms with Crippen LogP contribution < -0.4 is 4.90 Å². The van der Waals surface area contributed by atoms with Crippen LogP contribution in [0, 0.1) is 11.3 Å². The minimum atomic E-state index is -0.0229. The van der Waals surface area contributed by atoms with Crippen LogP contribution in [0.25, 0.3) is 5.69 Å². The first-order chi connectivity index (χ1) is 12.6. The molecule has 0 saturated carbocycles. The number of amides is 1. The molecule has 0 bridgehead atoms. The zero-order valence-corrected chi connectivity index (χ0v) is 14.6. The molecule has 0 aliphatic carbocycles. The summed E-state index contributed by atoms with van der Waals surface area (Å²) in [5.74, 6) is -0.0229. The highest BCUT2D eigenvalue weighted by Gasteiger charge is 2.19. The Morgan fingerprint density at radius 3 is 2.62 bits per heavy atom. The van der Waals surface area contributed by atoms with Crippen LogP contribution in [0.2, 0.25) is 0 Å². The molecule has 1 amide bonds. The molecule has 0 aliphatic rings. The number of benzene rings is 2. The van der Waals surface area contributed by atoms with Crippen molar-refractivity contribution in [3.05, 3.63) is 66.0 Å². The predicted octanol–water partition coefficient (Wildman–Crippen LogP) is 2.52. The Kier molecular flexibility index (Phi) is 5.04. The molecule has 0 fully saturated rings.